The molecule has 0 bridgehead atoms. The van der Waals surface area contributed by atoms with E-state index in [4.69, 9.17) is 0 Å². The van der Waals surface area contributed by atoms with E-state index in [1.54, 1.807) is 0 Å². The maximum absolute atomic E-state index is 13.0. The fourth-order valence-corrected chi connectivity index (χ4v) is 3.98. The Kier molecular flexibility index (Phi) is 6.23. The first-order valence-electron chi connectivity index (χ1n) is 8.61. The summed E-state index contributed by atoms with van der Waals surface area (Å²) in [5, 5.41) is 3.36. The molecular formula is C17H23FN6OS. The van der Waals surface area contributed by atoms with Crippen molar-refractivity contribution >= 4 is 22.4 Å². The average molecular weight is 378 g/mol. The van der Waals surface area contributed by atoms with Gasteiger partial charge in [0.25, 0.3) is 0 Å². The lowest BCUT2D eigenvalue weighted by molar-refractivity contribution is -0.114. The SMILES string of the molecule is CC(=O)Nc1ncc(CN2CCCN(C)C(Cc3ncc(F)cn3)C2)s1. The van der Waals surface area contributed by atoms with Crippen molar-refractivity contribution in [1.29, 1.82) is 0 Å². The molecule has 1 aliphatic rings. The Labute approximate surface area is 156 Å². The molecular weight excluding hydrogens is 355 g/mol. The van der Waals surface area contributed by atoms with Gasteiger partial charge in [-0.25, -0.2) is 19.3 Å². The monoisotopic (exact) mass is 378 g/mol. The number of carbonyl (C=O) groups excluding carboxylic acids is 1. The van der Waals surface area contributed by atoms with Crippen molar-refractivity contribution < 1.29 is 9.18 Å². The van der Waals surface area contributed by atoms with Crippen LogP contribution in [0, 0.1) is 5.82 Å². The molecule has 0 saturated carbocycles. The van der Waals surface area contributed by atoms with Crippen LogP contribution in [0.4, 0.5) is 9.52 Å². The molecule has 0 aromatic carbocycles. The molecule has 7 nitrogen and oxygen atoms in total. The summed E-state index contributed by atoms with van der Waals surface area (Å²) in [6, 6.07) is 0.269. The van der Waals surface area contributed by atoms with E-state index in [9.17, 15) is 9.18 Å². The Morgan fingerprint density at radius 3 is 2.81 bits per heavy atom. The Morgan fingerprint density at radius 2 is 2.08 bits per heavy atom. The number of nitrogens with zero attached hydrogens (tertiary/aromatic N) is 5. The maximum Gasteiger partial charge on any atom is 0.223 e. The van der Waals surface area contributed by atoms with Gasteiger partial charge in [-0.1, -0.05) is 0 Å². The van der Waals surface area contributed by atoms with E-state index >= 15 is 0 Å². The van der Waals surface area contributed by atoms with Crippen molar-refractivity contribution in [3.8, 4) is 0 Å². The molecule has 2 aromatic heterocycles. The molecule has 1 fully saturated rings. The van der Waals surface area contributed by atoms with Gasteiger partial charge in [-0.15, -0.1) is 11.3 Å². The first-order chi connectivity index (χ1) is 12.5. The van der Waals surface area contributed by atoms with Crippen LogP contribution < -0.4 is 5.32 Å². The largest absolute Gasteiger partial charge is 0.302 e. The van der Waals surface area contributed by atoms with Crippen molar-refractivity contribution in [3.05, 3.63) is 35.1 Å². The second-order valence-corrected chi connectivity index (χ2v) is 7.67. The van der Waals surface area contributed by atoms with Crippen LogP contribution in [0.2, 0.25) is 0 Å². The Morgan fingerprint density at radius 1 is 1.31 bits per heavy atom. The summed E-state index contributed by atoms with van der Waals surface area (Å²) in [4.78, 5) is 29.4. The fraction of sp³-hybridized carbons (Fsp3) is 0.529. The van der Waals surface area contributed by atoms with Crippen LogP contribution in [0.15, 0.2) is 18.6 Å². The molecule has 9 heteroatoms. The highest BCUT2D eigenvalue weighted by atomic mass is 32.1. The van der Waals surface area contributed by atoms with Gasteiger partial charge in [0.2, 0.25) is 5.91 Å². The van der Waals surface area contributed by atoms with Crippen LogP contribution in [0.3, 0.4) is 0 Å². The molecule has 0 radical (unpaired) electrons. The summed E-state index contributed by atoms with van der Waals surface area (Å²) in [7, 11) is 2.11. The molecule has 1 unspecified atom stereocenters. The van der Waals surface area contributed by atoms with Gasteiger partial charge < -0.3 is 10.2 Å². The van der Waals surface area contributed by atoms with Gasteiger partial charge in [-0.2, -0.15) is 0 Å². The van der Waals surface area contributed by atoms with E-state index in [1.807, 2.05) is 6.20 Å². The first-order valence-corrected chi connectivity index (χ1v) is 9.42. The minimum absolute atomic E-state index is 0.110. The van der Waals surface area contributed by atoms with E-state index < -0.39 is 5.82 Å². The topological polar surface area (TPSA) is 74.2 Å². The van der Waals surface area contributed by atoms with Crippen molar-refractivity contribution in [2.24, 2.45) is 0 Å². The lowest BCUT2D eigenvalue weighted by atomic mass is 10.1. The van der Waals surface area contributed by atoms with Gasteiger partial charge in [0.15, 0.2) is 10.9 Å². The lowest BCUT2D eigenvalue weighted by Gasteiger charge is -2.28. The number of rotatable bonds is 5. The van der Waals surface area contributed by atoms with Gasteiger partial charge in [-0.3, -0.25) is 9.69 Å². The number of hydrogen-bond donors (Lipinski definition) is 1. The Hall–Kier alpha value is -1.97. The molecule has 2 aromatic rings. The van der Waals surface area contributed by atoms with E-state index in [-0.39, 0.29) is 11.9 Å². The number of anilines is 1. The number of aromatic nitrogens is 3. The molecule has 3 heterocycles. The summed E-state index contributed by atoms with van der Waals surface area (Å²) < 4.78 is 13.0. The van der Waals surface area contributed by atoms with Gasteiger partial charge >= 0.3 is 0 Å². The van der Waals surface area contributed by atoms with E-state index in [0.29, 0.717) is 17.4 Å². The molecule has 1 saturated heterocycles. The third kappa shape index (κ3) is 5.26. The Balaban J connectivity index is 1.63. The molecule has 0 spiro atoms. The second kappa shape index (κ2) is 8.61. The van der Waals surface area contributed by atoms with Crippen molar-refractivity contribution in [2.75, 3.05) is 32.0 Å². The highest BCUT2D eigenvalue weighted by molar-refractivity contribution is 7.15. The lowest BCUT2D eigenvalue weighted by Crippen LogP contribution is -2.40. The van der Waals surface area contributed by atoms with Crippen LogP contribution >= 0.6 is 11.3 Å². The predicted molar refractivity (Wildman–Crippen MR) is 98.4 cm³/mol. The van der Waals surface area contributed by atoms with Gasteiger partial charge in [0.05, 0.1) is 12.4 Å². The summed E-state index contributed by atoms with van der Waals surface area (Å²) in [6.45, 7) is 5.16. The maximum atomic E-state index is 13.0. The molecule has 26 heavy (non-hydrogen) atoms. The molecule has 1 aliphatic heterocycles. The number of amides is 1. The quantitative estimate of drug-likeness (QED) is 0.855. The zero-order valence-electron chi connectivity index (χ0n) is 15.0. The number of carbonyl (C=O) groups is 1. The number of likely N-dealkylation sites (N-methyl/N-ethyl adjacent to an activating group) is 1. The Bertz CT molecular complexity index is 737. The minimum Gasteiger partial charge on any atom is -0.302 e. The summed E-state index contributed by atoms with van der Waals surface area (Å²) in [6.07, 6.45) is 6.03. The van der Waals surface area contributed by atoms with Crippen LogP contribution in [-0.2, 0) is 17.8 Å². The highest BCUT2D eigenvalue weighted by Gasteiger charge is 2.24. The smallest absolute Gasteiger partial charge is 0.223 e. The molecule has 3 rings (SSSR count). The summed E-state index contributed by atoms with van der Waals surface area (Å²) >= 11 is 1.50. The molecule has 1 N–H and O–H groups in total. The average Bonchev–Trinajstić information content (AvgIpc) is 2.94. The third-order valence-corrected chi connectivity index (χ3v) is 5.28. The van der Waals surface area contributed by atoms with Crippen LogP contribution in [0.25, 0.3) is 0 Å². The van der Waals surface area contributed by atoms with Crippen LogP contribution in [-0.4, -0.2) is 63.4 Å². The zero-order chi connectivity index (χ0) is 18.5. The van der Waals surface area contributed by atoms with Gasteiger partial charge in [-0.05, 0) is 26.6 Å². The number of hydrogen-bond acceptors (Lipinski definition) is 7. The third-order valence-electron chi connectivity index (χ3n) is 4.39. The number of halogens is 1. The number of nitrogens with one attached hydrogen (secondary N) is 1. The van der Waals surface area contributed by atoms with E-state index in [0.717, 1.165) is 37.5 Å². The zero-order valence-corrected chi connectivity index (χ0v) is 15.8. The molecule has 1 atom stereocenters. The number of thiazole rings is 1. The second-order valence-electron chi connectivity index (χ2n) is 6.56. The fourth-order valence-electron chi connectivity index (χ4n) is 3.08. The summed E-state index contributed by atoms with van der Waals surface area (Å²) in [5.41, 5.74) is 0. The van der Waals surface area contributed by atoms with Crippen molar-refractivity contribution in [2.45, 2.75) is 32.4 Å². The molecule has 140 valence electrons. The first kappa shape index (κ1) is 18.8. The molecule has 0 aliphatic carbocycles. The van der Waals surface area contributed by atoms with Crippen molar-refractivity contribution in [3.63, 3.8) is 0 Å². The van der Waals surface area contributed by atoms with E-state index in [2.05, 4.69) is 37.1 Å². The van der Waals surface area contributed by atoms with E-state index in [1.165, 1.54) is 30.7 Å². The predicted octanol–water partition coefficient (Wildman–Crippen LogP) is 1.78. The van der Waals surface area contributed by atoms with Crippen LogP contribution in [0.5, 0.6) is 0 Å². The molecule has 1 amide bonds. The van der Waals surface area contributed by atoms with Crippen LogP contribution in [0.1, 0.15) is 24.0 Å². The minimum atomic E-state index is -0.412. The van der Waals surface area contributed by atoms with Crippen molar-refractivity contribution in [1.82, 2.24) is 24.8 Å². The van der Waals surface area contributed by atoms with Gasteiger partial charge in [0.1, 0.15) is 5.82 Å². The standard InChI is InChI=1S/C17H23FN6OS/c1-12(25)22-17-21-9-15(26-17)11-24-5-3-4-23(2)14(10-24)6-16-19-7-13(18)8-20-16/h7-9,14H,3-6,10-11H2,1-2H3,(H,21,22,25). The van der Waals surface area contributed by atoms with Gasteiger partial charge in [0, 0.05) is 43.5 Å². The normalized spacial score (nSPS) is 19.3. The summed E-state index contributed by atoms with van der Waals surface area (Å²) in [5.74, 6) is 0.141. The highest BCUT2D eigenvalue weighted by Crippen LogP contribution is 2.21.